The maximum Gasteiger partial charge on any atom is 0.747 e. The third-order valence-corrected chi connectivity index (χ3v) is 4.52. The van der Waals surface area contributed by atoms with Gasteiger partial charge in [0.1, 0.15) is 5.75 Å². The lowest BCUT2D eigenvalue weighted by Crippen LogP contribution is -1.99. The fourth-order valence-electron chi connectivity index (χ4n) is 2.71. The van der Waals surface area contributed by atoms with E-state index in [1.165, 1.54) is 57.8 Å². The first-order valence-corrected chi connectivity index (χ1v) is 10.3. The van der Waals surface area contributed by atoms with Crippen molar-refractivity contribution >= 4 is 8.25 Å². The summed E-state index contributed by atoms with van der Waals surface area (Å²) < 4.78 is 21.4. The van der Waals surface area contributed by atoms with E-state index in [9.17, 15) is 4.57 Å². The highest BCUT2D eigenvalue weighted by Gasteiger charge is 2.18. The molecule has 0 heterocycles. The molecule has 1 atom stereocenters. The van der Waals surface area contributed by atoms with E-state index < -0.39 is 8.25 Å². The predicted molar refractivity (Wildman–Crippen MR) is 99.0 cm³/mol. The van der Waals surface area contributed by atoms with E-state index in [0.717, 1.165) is 17.7 Å². The molecule has 0 aliphatic carbocycles. The first-order valence-electron chi connectivity index (χ1n) is 9.21. The fraction of sp³-hybridized carbons (Fsp3) is 0.684. The molecule has 1 aromatic rings. The van der Waals surface area contributed by atoms with Crippen LogP contribution in [0.2, 0.25) is 0 Å². The molecule has 0 aliphatic rings. The van der Waals surface area contributed by atoms with Crippen molar-refractivity contribution < 1.29 is 18.7 Å². The summed E-state index contributed by atoms with van der Waals surface area (Å²) in [6.07, 6.45) is 13.0. The predicted octanol–water partition coefficient (Wildman–Crippen LogP) is 6.32. The average Bonchev–Trinajstić information content (AvgIpc) is 2.55. The standard InChI is InChI=1S/C19H31O4P/c1-3-4-5-6-7-8-9-10-11-12-16-22-18-14-13-15-19(17(18)2)23-24(20)21/h13-15H,3-12,16H2,1-2H3/p+1. The van der Waals surface area contributed by atoms with Gasteiger partial charge in [0.25, 0.3) is 0 Å². The molecule has 0 fully saturated rings. The second kappa shape index (κ2) is 13.2. The summed E-state index contributed by atoms with van der Waals surface area (Å²) in [5.41, 5.74) is 0.766. The van der Waals surface area contributed by atoms with E-state index in [1.54, 1.807) is 12.1 Å². The zero-order chi connectivity index (χ0) is 17.6. The van der Waals surface area contributed by atoms with Crippen LogP contribution in [-0.2, 0) is 4.57 Å². The molecule has 0 aliphatic heterocycles. The highest BCUT2D eigenvalue weighted by molar-refractivity contribution is 7.32. The van der Waals surface area contributed by atoms with Crippen molar-refractivity contribution in [3.05, 3.63) is 23.8 Å². The fourth-order valence-corrected chi connectivity index (χ4v) is 3.07. The first kappa shape index (κ1) is 20.9. The zero-order valence-corrected chi connectivity index (χ0v) is 16.0. The molecule has 0 aromatic heterocycles. The van der Waals surface area contributed by atoms with Gasteiger partial charge in [0.2, 0.25) is 0 Å². The number of unbranched alkanes of at least 4 members (excludes halogenated alkanes) is 9. The van der Waals surface area contributed by atoms with Crippen molar-refractivity contribution in [3.8, 4) is 11.5 Å². The highest BCUT2D eigenvalue weighted by atomic mass is 31.1. The number of rotatable bonds is 14. The number of hydrogen-bond donors (Lipinski definition) is 1. The Hall–Kier alpha value is -1.12. The first-order chi connectivity index (χ1) is 11.6. The van der Waals surface area contributed by atoms with Crippen LogP contribution < -0.4 is 9.26 Å². The Labute approximate surface area is 147 Å². The summed E-state index contributed by atoms with van der Waals surface area (Å²) in [6.45, 7) is 4.76. The average molecular weight is 355 g/mol. The lowest BCUT2D eigenvalue weighted by Gasteiger charge is -2.09. The lowest BCUT2D eigenvalue weighted by atomic mass is 10.1. The SMILES string of the molecule is CCCCCCCCCCCCOc1cccc(O[P+](=O)O)c1C. The minimum Gasteiger partial charge on any atom is -0.493 e. The molecule has 1 unspecified atom stereocenters. The van der Waals surface area contributed by atoms with Gasteiger partial charge in [-0.05, 0) is 25.5 Å². The molecule has 0 radical (unpaired) electrons. The molecule has 0 amide bonds. The molecule has 24 heavy (non-hydrogen) atoms. The third kappa shape index (κ3) is 9.24. The Kier molecular flexibility index (Phi) is 11.5. The molecule has 1 rings (SSSR count). The van der Waals surface area contributed by atoms with Crippen LogP contribution in [0.5, 0.6) is 11.5 Å². The third-order valence-electron chi connectivity index (χ3n) is 4.17. The van der Waals surface area contributed by atoms with Gasteiger partial charge in [-0.2, -0.15) is 0 Å². The molecule has 0 spiro atoms. The Morgan fingerprint density at radius 1 is 0.917 bits per heavy atom. The summed E-state index contributed by atoms with van der Waals surface area (Å²) in [5.74, 6) is 1.12. The van der Waals surface area contributed by atoms with Crippen molar-refractivity contribution in [2.45, 2.75) is 78.1 Å². The second-order valence-corrected chi connectivity index (χ2v) is 6.90. The second-order valence-electron chi connectivity index (χ2n) is 6.24. The van der Waals surface area contributed by atoms with Crippen LogP contribution in [0.15, 0.2) is 18.2 Å². The monoisotopic (exact) mass is 355 g/mol. The molecular weight excluding hydrogens is 323 g/mol. The smallest absolute Gasteiger partial charge is 0.493 e. The Morgan fingerprint density at radius 3 is 2.04 bits per heavy atom. The normalized spacial score (nSPS) is 11.4. The van der Waals surface area contributed by atoms with Crippen LogP contribution in [0.4, 0.5) is 0 Å². The van der Waals surface area contributed by atoms with Gasteiger partial charge in [0, 0.05) is 10.1 Å². The molecule has 1 aromatic carbocycles. The molecule has 0 saturated heterocycles. The minimum absolute atomic E-state index is 0.402. The maximum absolute atomic E-state index is 10.8. The van der Waals surface area contributed by atoms with Crippen LogP contribution in [0, 0.1) is 6.92 Å². The molecule has 136 valence electrons. The van der Waals surface area contributed by atoms with E-state index in [1.807, 2.05) is 13.0 Å². The van der Waals surface area contributed by atoms with Gasteiger partial charge in [0.05, 0.1) is 6.61 Å². The highest BCUT2D eigenvalue weighted by Crippen LogP contribution is 2.32. The number of ether oxygens (including phenoxy) is 1. The van der Waals surface area contributed by atoms with Gasteiger partial charge in [-0.25, -0.2) is 4.52 Å². The molecule has 1 N–H and O–H groups in total. The van der Waals surface area contributed by atoms with E-state index in [2.05, 4.69) is 6.92 Å². The van der Waals surface area contributed by atoms with Gasteiger partial charge in [-0.1, -0.05) is 70.8 Å². The van der Waals surface area contributed by atoms with Crippen molar-refractivity contribution in [1.82, 2.24) is 0 Å². The Balaban J connectivity index is 2.10. The maximum atomic E-state index is 10.8. The van der Waals surface area contributed by atoms with Crippen LogP contribution in [-0.4, -0.2) is 11.5 Å². The van der Waals surface area contributed by atoms with Crippen molar-refractivity contribution in [3.63, 3.8) is 0 Å². The largest absolute Gasteiger partial charge is 0.747 e. The van der Waals surface area contributed by atoms with Crippen molar-refractivity contribution in [1.29, 1.82) is 0 Å². The molecule has 5 heteroatoms. The van der Waals surface area contributed by atoms with Crippen LogP contribution in [0.1, 0.15) is 76.7 Å². The summed E-state index contributed by atoms with van der Waals surface area (Å²) in [5, 5.41) is 0. The summed E-state index contributed by atoms with van der Waals surface area (Å²) >= 11 is 0. The van der Waals surface area contributed by atoms with Gasteiger partial charge >= 0.3 is 8.25 Å². The molecule has 4 nitrogen and oxygen atoms in total. The quantitative estimate of drug-likeness (QED) is 0.313. The van der Waals surface area contributed by atoms with Crippen LogP contribution in [0.3, 0.4) is 0 Å². The van der Waals surface area contributed by atoms with Crippen LogP contribution in [0.25, 0.3) is 0 Å². The van der Waals surface area contributed by atoms with Gasteiger partial charge < -0.3 is 4.74 Å². The van der Waals surface area contributed by atoms with Gasteiger partial charge in [0.15, 0.2) is 5.75 Å². The van der Waals surface area contributed by atoms with E-state index in [-0.39, 0.29) is 0 Å². The van der Waals surface area contributed by atoms with Crippen LogP contribution >= 0.6 is 8.25 Å². The Bertz CT molecular complexity index is 476. The summed E-state index contributed by atoms with van der Waals surface area (Å²) in [6, 6.07) is 5.31. The number of benzene rings is 1. The van der Waals surface area contributed by atoms with E-state index in [4.69, 9.17) is 14.2 Å². The molecular formula is C19H32O4P+. The van der Waals surface area contributed by atoms with E-state index >= 15 is 0 Å². The molecule has 0 bridgehead atoms. The van der Waals surface area contributed by atoms with E-state index in [0.29, 0.717) is 12.4 Å². The van der Waals surface area contributed by atoms with Crippen molar-refractivity contribution in [2.75, 3.05) is 6.61 Å². The number of hydrogen-bond acceptors (Lipinski definition) is 3. The Morgan fingerprint density at radius 2 is 1.46 bits per heavy atom. The molecule has 0 saturated carbocycles. The minimum atomic E-state index is -2.64. The van der Waals surface area contributed by atoms with Gasteiger partial charge in [-0.15, -0.1) is 4.89 Å². The van der Waals surface area contributed by atoms with Crippen molar-refractivity contribution in [2.24, 2.45) is 0 Å². The summed E-state index contributed by atoms with van der Waals surface area (Å²) in [4.78, 5) is 8.84. The zero-order valence-electron chi connectivity index (χ0n) is 15.1. The summed E-state index contributed by atoms with van der Waals surface area (Å²) in [7, 11) is -2.64. The van der Waals surface area contributed by atoms with Gasteiger partial charge in [-0.3, -0.25) is 0 Å². The topological polar surface area (TPSA) is 55.8 Å². The lowest BCUT2D eigenvalue weighted by molar-refractivity contribution is 0.301.